The van der Waals surface area contributed by atoms with Crippen LogP contribution >= 0.6 is 0 Å². The van der Waals surface area contributed by atoms with Gasteiger partial charge in [-0.1, -0.05) is 0 Å². The SMILES string of the molecule is CC(C#N)S(=O)(=O)Nc1ccc(O)cc1N. The highest BCUT2D eigenvalue weighted by Gasteiger charge is 2.20. The summed E-state index contributed by atoms with van der Waals surface area (Å²) in [5.74, 6) is -0.0613. The Balaban J connectivity index is 3.03. The first-order chi connectivity index (χ1) is 7.36. The van der Waals surface area contributed by atoms with E-state index in [-0.39, 0.29) is 17.1 Å². The highest BCUT2D eigenvalue weighted by Crippen LogP contribution is 2.24. The quantitative estimate of drug-likeness (QED) is 0.530. The fraction of sp³-hybridized carbons (Fsp3) is 0.222. The van der Waals surface area contributed by atoms with Gasteiger partial charge in [0.25, 0.3) is 0 Å². The summed E-state index contributed by atoms with van der Waals surface area (Å²) in [6.07, 6.45) is 0. The number of anilines is 2. The zero-order valence-electron chi connectivity index (χ0n) is 8.51. The first-order valence-electron chi connectivity index (χ1n) is 4.36. The summed E-state index contributed by atoms with van der Waals surface area (Å²) in [7, 11) is -3.77. The summed E-state index contributed by atoms with van der Waals surface area (Å²) in [4.78, 5) is 0. The molecule has 4 N–H and O–H groups in total. The molecule has 1 aromatic rings. The van der Waals surface area contributed by atoms with Crippen LogP contribution in [0.5, 0.6) is 5.75 Å². The summed E-state index contributed by atoms with van der Waals surface area (Å²) < 4.78 is 25.2. The summed E-state index contributed by atoms with van der Waals surface area (Å²) in [5.41, 5.74) is 5.73. The van der Waals surface area contributed by atoms with Crippen molar-refractivity contribution in [2.24, 2.45) is 0 Å². The lowest BCUT2D eigenvalue weighted by Gasteiger charge is -2.11. The number of hydrogen-bond acceptors (Lipinski definition) is 5. The fourth-order valence-corrected chi connectivity index (χ4v) is 1.76. The van der Waals surface area contributed by atoms with Crippen molar-refractivity contribution in [2.45, 2.75) is 12.2 Å². The van der Waals surface area contributed by atoms with Crippen LogP contribution in [-0.4, -0.2) is 18.8 Å². The van der Waals surface area contributed by atoms with Gasteiger partial charge in [-0.25, -0.2) is 8.42 Å². The average molecular weight is 241 g/mol. The second kappa shape index (κ2) is 4.28. The van der Waals surface area contributed by atoms with Gasteiger partial charge in [-0.2, -0.15) is 5.26 Å². The van der Waals surface area contributed by atoms with Crippen molar-refractivity contribution in [3.63, 3.8) is 0 Å². The Kier molecular flexibility index (Phi) is 3.25. The number of nitrogens with one attached hydrogen (secondary N) is 1. The molecule has 0 bridgehead atoms. The molecule has 16 heavy (non-hydrogen) atoms. The molecule has 0 aliphatic rings. The first kappa shape index (κ1) is 12.1. The van der Waals surface area contributed by atoms with Crippen LogP contribution in [0.15, 0.2) is 18.2 Å². The van der Waals surface area contributed by atoms with Gasteiger partial charge in [0.1, 0.15) is 5.75 Å². The zero-order chi connectivity index (χ0) is 12.3. The predicted octanol–water partition coefficient (Wildman–Crippen LogP) is 0.628. The third kappa shape index (κ3) is 2.55. The molecule has 0 amide bonds. The average Bonchev–Trinajstić information content (AvgIpc) is 2.21. The van der Waals surface area contributed by atoms with Crippen molar-refractivity contribution in [1.29, 1.82) is 5.26 Å². The van der Waals surface area contributed by atoms with Crippen molar-refractivity contribution in [3.8, 4) is 11.8 Å². The van der Waals surface area contributed by atoms with E-state index >= 15 is 0 Å². The van der Waals surface area contributed by atoms with E-state index in [1.165, 1.54) is 25.1 Å². The minimum atomic E-state index is -3.77. The van der Waals surface area contributed by atoms with E-state index in [0.29, 0.717) is 0 Å². The van der Waals surface area contributed by atoms with Gasteiger partial charge in [0.05, 0.1) is 17.4 Å². The summed E-state index contributed by atoms with van der Waals surface area (Å²) in [6, 6.07) is 5.46. The third-order valence-electron chi connectivity index (χ3n) is 1.93. The largest absolute Gasteiger partial charge is 0.508 e. The van der Waals surface area contributed by atoms with Crippen LogP contribution in [0.4, 0.5) is 11.4 Å². The minimum absolute atomic E-state index is 0.0613. The molecule has 0 heterocycles. The van der Waals surface area contributed by atoms with Gasteiger partial charge in [-0.3, -0.25) is 4.72 Å². The molecule has 0 aliphatic carbocycles. The second-order valence-corrected chi connectivity index (χ2v) is 5.19. The molecule has 0 saturated carbocycles. The number of nitrogens with two attached hydrogens (primary N) is 1. The molecule has 0 spiro atoms. The van der Waals surface area contributed by atoms with Gasteiger partial charge in [0.2, 0.25) is 10.0 Å². The Morgan fingerprint density at radius 3 is 2.69 bits per heavy atom. The van der Waals surface area contributed by atoms with E-state index in [1.54, 1.807) is 6.07 Å². The Morgan fingerprint density at radius 2 is 2.19 bits per heavy atom. The lowest BCUT2D eigenvalue weighted by Crippen LogP contribution is -2.24. The summed E-state index contributed by atoms with van der Waals surface area (Å²) in [5, 5.41) is 16.4. The maximum absolute atomic E-state index is 11.5. The van der Waals surface area contributed by atoms with Gasteiger partial charge < -0.3 is 10.8 Å². The number of aromatic hydroxyl groups is 1. The van der Waals surface area contributed by atoms with Crippen LogP contribution in [0, 0.1) is 11.3 Å². The van der Waals surface area contributed by atoms with Crippen LogP contribution in [0.1, 0.15) is 6.92 Å². The molecule has 1 aromatic carbocycles. The van der Waals surface area contributed by atoms with Crippen LogP contribution in [-0.2, 0) is 10.0 Å². The van der Waals surface area contributed by atoms with Crippen molar-refractivity contribution in [3.05, 3.63) is 18.2 Å². The molecule has 0 radical (unpaired) electrons. The van der Waals surface area contributed by atoms with E-state index in [1.807, 2.05) is 0 Å². The summed E-state index contributed by atoms with van der Waals surface area (Å²) in [6.45, 7) is 1.26. The molecular formula is C9H11N3O3S. The van der Waals surface area contributed by atoms with Crippen molar-refractivity contribution >= 4 is 21.4 Å². The Bertz CT molecular complexity index is 533. The maximum atomic E-state index is 11.5. The molecule has 1 rings (SSSR count). The molecule has 0 aliphatic heterocycles. The smallest absolute Gasteiger partial charge is 0.248 e. The van der Waals surface area contributed by atoms with E-state index in [4.69, 9.17) is 16.1 Å². The number of phenolic OH excluding ortho intramolecular Hbond substituents is 1. The standard InChI is InChI=1S/C9H11N3O3S/c1-6(5-10)16(14,15)12-9-3-2-7(13)4-8(9)11/h2-4,6,12-13H,11H2,1H3. The van der Waals surface area contributed by atoms with Crippen molar-refractivity contribution in [1.82, 2.24) is 0 Å². The maximum Gasteiger partial charge on any atom is 0.248 e. The molecule has 0 saturated heterocycles. The molecule has 0 fully saturated rings. The normalized spacial score (nSPS) is 12.8. The van der Waals surface area contributed by atoms with Crippen LogP contribution in [0.2, 0.25) is 0 Å². The minimum Gasteiger partial charge on any atom is -0.508 e. The molecule has 7 heteroatoms. The second-order valence-electron chi connectivity index (χ2n) is 3.19. The predicted molar refractivity (Wildman–Crippen MR) is 60.1 cm³/mol. The van der Waals surface area contributed by atoms with E-state index in [9.17, 15) is 8.42 Å². The molecular weight excluding hydrogens is 230 g/mol. The number of benzene rings is 1. The fourth-order valence-electron chi connectivity index (χ4n) is 0.954. The first-order valence-corrected chi connectivity index (χ1v) is 5.91. The number of rotatable bonds is 3. The van der Waals surface area contributed by atoms with Crippen molar-refractivity contribution < 1.29 is 13.5 Å². The monoisotopic (exact) mass is 241 g/mol. The third-order valence-corrected chi connectivity index (χ3v) is 3.48. The van der Waals surface area contributed by atoms with Gasteiger partial charge >= 0.3 is 0 Å². The molecule has 1 unspecified atom stereocenters. The lowest BCUT2D eigenvalue weighted by atomic mass is 10.2. The van der Waals surface area contributed by atoms with Crippen LogP contribution in [0.3, 0.4) is 0 Å². The van der Waals surface area contributed by atoms with Crippen molar-refractivity contribution in [2.75, 3.05) is 10.5 Å². The Morgan fingerprint density at radius 1 is 1.56 bits per heavy atom. The number of nitrogens with zero attached hydrogens (tertiary/aromatic N) is 1. The number of hydrogen-bond donors (Lipinski definition) is 3. The number of nitriles is 1. The summed E-state index contributed by atoms with van der Waals surface area (Å²) >= 11 is 0. The van der Waals surface area contributed by atoms with Crippen LogP contribution in [0.25, 0.3) is 0 Å². The van der Waals surface area contributed by atoms with E-state index in [0.717, 1.165) is 0 Å². The number of nitrogen functional groups attached to an aromatic ring is 1. The van der Waals surface area contributed by atoms with Gasteiger partial charge in [0, 0.05) is 6.07 Å². The van der Waals surface area contributed by atoms with Gasteiger partial charge in [0.15, 0.2) is 5.25 Å². The van der Waals surface area contributed by atoms with Gasteiger partial charge in [-0.15, -0.1) is 0 Å². The molecule has 6 nitrogen and oxygen atoms in total. The zero-order valence-corrected chi connectivity index (χ0v) is 9.32. The van der Waals surface area contributed by atoms with Crippen LogP contribution < -0.4 is 10.5 Å². The lowest BCUT2D eigenvalue weighted by molar-refractivity contribution is 0.475. The van der Waals surface area contributed by atoms with E-state index < -0.39 is 15.3 Å². The Labute approximate surface area is 93.4 Å². The highest BCUT2D eigenvalue weighted by molar-refractivity contribution is 7.93. The molecule has 1 atom stereocenters. The molecule has 86 valence electrons. The highest BCUT2D eigenvalue weighted by atomic mass is 32.2. The Hall–Kier alpha value is -1.94. The molecule has 0 aromatic heterocycles. The number of sulfonamides is 1. The van der Waals surface area contributed by atoms with E-state index in [2.05, 4.69) is 4.72 Å². The topological polar surface area (TPSA) is 116 Å². The number of phenols is 1. The van der Waals surface area contributed by atoms with Gasteiger partial charge in [-0.05, 0) is 19.1 Å².